The molecule has 0 aliphatic heterocycles. The molecule has 2 nitrogen and oxygen atoms in total. The summed E-state index contributed by atoms with van der Waals surface area (Å²) in [6.07, 6.45) is 4.65. The fourth-order valence-electron chi connectivity index (χ4n) is 2.12. The van der Waals surface area contributed by atoms with Crippen LogP contribution in [0.15, 0.2) is 11.3 Å². The molecule has 1 unspecified atom stereocenters. The van der Waals surface area contributed by atoms with Gasteiger partial charge in [0.25, 0.3) is 0 Å². The Morgan fingerprint density at radius 2 is 2.23 bits per heavy atom. The van der Waals surface area contributed by atoms with Crippen LogP contribution in [0.1, 0.15) is 39.5 Å². The molecular formula is C11H16O2. The molecule has 0 saturated heterocycles. The summed E-state index contributed by atoms with van der Waals surface area (Å²) >= 11 is 0. The van der Waals surface area contributed by atoms with E-state index in [0.717, 1.165) is 24.5 Å². The van der Waals surface area contributed by atoms with E-state index in [4.69, 9.17) is 4.74 Å². The van der Waals surface area contributed by atoms with Crippen LogP contribution < -0.4 is 0 Å². The Morgan fingerprint density at radius 1 is 1.46 bits per heavy atom. The SMILES string of the molecule is CC(C)C(=O)OC1=C2CCC(C2)C1. The van der Waals surface area contributed by atoms with Gasteiger partial charge < -0.3 is 4.74 Å². The highest BCUT2D eigenvalue weighted by Gasteiger charge is 2.32. The van der Waals surface area contributed by atoms with Gasteiger partial charge in [-0.05, 0) is 30.8 Å². The molecule has 0 aromatic rings. The van der Waals surface area contributed by atoms with Crippen molar-refractivity contribution in [2.24, 2.45) is 11.8 Å². The van der Waals surface area contributed by atoms with Crippen LogP contribution in [0.2, 0.25) is 0 Å². The molecule has 0 spiro atoms. The monoisotopic (exact) mass is 180 g/mol. The lowest BCUT2D eigenvalue weighted by Crippen LogP contribution is -2.12. The predicted molar refractivity (Wildman–Crippen MR) is 49.9 cm³/mol. The van der Waals surface area contributed by atoms with Gasteiger partial charge in [0.1, 0.15) is 5.76 Å². The van der Waals surface area contributed by atoms with E-state index < -0.39 is 0 Å². The molecule has 1 fully saturated rings. The van der Waals surface area contributed by atoms with E-state index in [-0.39, 0.29) is 11.9 Å². The number of hydrogen-bond acceptors (Lipinski definition) is 2. The van der Waals surface area contributed by atoms with Gasteiger partial charge in [-0.2, -0.15) is 0 Å². The number of carbonyl (C=O) groups excluding carboxylic acids is 1. The van der Waals surface area contributed by atoms with E-state index in [2.05, 4.69) is 0 Å². The van der Waals surface area contributed by atoms with Crippen LogP contribution in [0.4, 0.5) is 0 Å². The van der Waals surface area contributed by atoms with Crippen LogP contribution in [0, 0.1) is 11.8 Å². The zero-order valence-corrected chi connectivity index (χ0v) is 8.30. The maximum Gasteiger partial charge on any atom is 0.313 e. The summed E-state index contributed by atoms with van der Waals surface area (Å²) in [6.45, 7) is 3.75. The molecule has 1 atom stereocenters. The van der Waals surface area contributed by atoms with Crippen molar-refractivity contribution >= 4 is 5.97 Å². The van der Waals surface area contributed by atoms with E-state index in [0.29, 0.717) is 0 Å². The number of fused-ring (bicyclic) bond motifs is 2. The quantitative estimate of drug-likeness (QED) is 0.611. The van der Waals surface area contributed by atoms with Crippen molar-refractivity contribution in [1.82, 2.24) is 0 Å². The Hall–Kier alpha value is -0.790. The van der Waals surface area contributed by atoms with Gasteiger partial charge in [0, 0.05) is 6.42 Å². The van der Waals surface area contributed by atoms with Crippen LogP contribution >= 0.6 is 0 Å². The van der Waals surface area contributed by atoms with Crippen LogP contribution in [0.5, 0.6) is 0 Å². The predicted octanol–water partition coefficient (Wildman–Crippen LogP) is 2.64. The Labute approximate surface area is 79.0 Å². The summed E-state index contributed by atoms with van der Waals surface area (Å²) in [7, 11) is 0. The molecule has 0 aromatic carbocycles. The van der Waals surface area contributed by atoms with E-state index >= 15 is 0 Å². The standard InChI is InChI=1S/C11H16O2/c1-7(2)11(12)13-10-6-8-3-4-9(10)5-8/h7-8H,3-6H2,1-2H3. The van der Waals surface area contributed by atoms with Crippen molar-refractivity contribution in [2.45, 2.75) is 39.5 Å². The van der Waals surface area contributed by atoms with Gasteiger partial charge in [-0.1, -0.05) is 13.8 Å². The van der Waals surface area contributed by atoms with Gasteiger partial charge in [0.05, 0.1) is 5.92 Å². The minimum absolute atomic E-state index is 0.00720. The van der Waals surface area contributed by atoms with Gasteiger partial charge in [-0.25, -0.2) is 0 Å². The number of rotatable bonds is 2. The molecule has 0 aromatic heterocycles. The van der Waals surface area contributed by atoms with E-state index in [1.165, 1.54) is 18.4 Å². The van der Waals surface area contributed by atoms with Crippen molar-refractivity contribution in [3.63, 3.8) is 0 Å². The van der Waals surface area contributed by atoms with Crippen molar-refractivity contribution in [2.75, 3.05) is 0 Å². The third-order valence-corrected chi connectivity index (χ3v) is 2.95. The lowest BCUT2D eigenvalue weighted by Gasteiger charge is -2.13. The highest BCUT2D eigenvalue weighted by Crippen LogP contribution is 2.44. The molecule has 0 amide bonds. The van der Waals surface area contributed by atoms with Gasteiger partial charge >= 0.3 is 5.97 Å². The summed E-state index contributed by atoms with van der Waals surface area (Å²) < 4.78 is 5.35. The first kappa shape index (κ1) is 8.79. The second kappa shape index (κ2) is 3.17. The molecule has 13 heavy (non-hydrogen) atoms. The van der Waals surface area contributed by atoms with Crippen molar-refractivity contribution < 1.29 is 9.53 Å². The Balaban J connectivity index is 2.00. The topological polar surface area (TPSA) is 26.3 Å². The van der Waals surface area contributed by atoms with Crippen molar-refractivity contribution in [3.8, 4) is 0 Å². The first-order chi connectivity index (χ1) is 6.16. The molecule has 1 saturated carbocycles. The van der Waals surface area contributed by atoms with Gasteiger partial charge in [-0.3, -0.25) is 4.79 Å². The molecular weight excluding hydrogens is 164 g/mol. The molecule has 0 heterocycles. The lowest BCUT2D eigenvalue weighted by molar-refractivity contribution is -0.143. The van der Waals surface area contributed by atoms with E-state index in [9.17, 15) is 4.79 Å². The maximum absolute atomic E-state index is 11.3. The van der Waals surface area contributed by atoms with E-state index in [1.54, 1.807) is 0 Å². The fourth-order valence-corrected chi connectivity index (χ4v) is 2.12. The Morgan fingerprint density at radius 3 is 2.69 bits per heavy atom. The number of allylic oxidation sites excluding steroid dienone is 2. The second-order valence-corrected chi connectivity index (χ2v) is 4.42. The molecule has 0 N–H and O–H groups in total. The smallest absolute Gasteiger partial charge is 0.313 e. The van der Waals surface area contributed by atoms with Gasteiger partial charge in [0.15, 0.2) is 0 Å². The average Bonchev–Trinajstić information content (AvgIpc) is 2.64. The minimum Gasteiger partial charge on any atom is -0.431 e. The Bertz CT molecular complexity index is 263. The van der Waals surface area contributed by atoms with Gasteiger partial charge in [0.2, 0.25) is 0 Å². The third kappa shape index (κ3) is 1.62. The summed E-state index contributed by atoms with van der Waals surface area (Å²) in [5.74, 6) is 1.70. The second-order valence-electron chi connectivity index (χ2n) is 4.42. The van der Waals surface area contributed by atoms with Crippen LogP contribution in [0.25, 0.3) is 0 Å². The average molecular weight is 180 g/mol. The zero-order valence-electron chi connectivity index (χ0n) is 8.30. The fraction of sp³-hybridized carbons (Fsp3) is 0.727. The molecule has 2 bridgehead atoms. The first-order valence-corrected chi connectivity index (χ1v) is 5.09. The number of carbonyl (C=O) groups is 1. The summed E-state index contributed by atoms with van der Waals surface area (Å²) in [5.41, 5.74) is 1.40. The first-order valence-electron chi connectivity index (χ1n) is 5.09. The Kier molecular flexibility index (Phi) is 2.14. The largest absolute Gasteiger partial charge is 0.431 e. The zero-order chi connectivity index (χ0) is 9.42. The molecule has 2 aliphatic rings. The normalized spacial score (nSPS) is 25.9. The highest BCUT2D eigenvalue weighted by atomic mass is 16.5. The lowest BCUT2D eigenvalue weighted by atomic mass is 10.0. The molecule has 2 heteroatoms. The minimum atomic E-state index is -0.0740. The van der Waals surface area contributed by atoms with Crippen LogP contribution in [-0.4, -0.2) is 5.97 Å². The number of hydrogen-bond donors (Lipinski definition) is 0. The van der Waals surface area contributed by atoms with Crippen molar-refractivity contribution in [1.29, 1.82) is 0 Å². The van der Waals surface area contributed by atoms with Crippen LogP contribution in [0.3, 0.4) is 0 Å². The van der Waals surface area contributed by atoms with Gasteiger partial charge in [-0.15, -0.1) is 0 Å². The summed E-state index contributed by atoms with van der Waals surface area (Å²) in [6, 6.07) is 0. The summed E-state index contributed by atoms with van der Waals surface area (Å²) in [4.78, 5) is 11.3. The van der Waals surface area contributed by atoms with Crippen LogP contribution in [-0.2, 0) is 9.53 Å². The molecule has 0 radical (unpaired) electrons. The molecule has 2 rings (SSSR count). The number of esters is 1. The molecule has 72 valence electrons. The maximum atomic E-state index is 11.3. The van der Waals surface area contributed by atoms with E-state index in [1.807, 2.05) is 13.8 Å². The highest BCUT2D eigenvalue weighted by molar-refractivity contribution is 5.72. The van der Waals surface area contributed by atoms with Crippen molar-refractivity contribution in [3.05, 3.63) is 11.3 Å². The molecule has 2 aliphatic carbocycles. The summed E-state index contributed by atoms with van der Waals surface area (Å²) in [5, 5.41) is 0. The number of ether oxygens (including phenoxy) is 1. The third-order valence-electron chi connectivity index (χ3n) is 2.95.